The highest BCUT2D eigenvalue weighted by atomic mass is 35.5. The predicted molar refractivity (Wildman–Crippen MR) is 159 cm³/mol. The van der Waals surface area contributed by atoms with E-state index in [0.717, 1.165) is 5.69 Å². The van der Waals surface area contributed by atoms with Crippen molar-refractivity contribution in [1.82, 2.24) is 29.8 Å². The van der Waals surface area contributed by atoms with Crippen molar-refractivity contribution in [3.8, 4) is 22.9 Å². The van der Waals surface area contributed by atoms with E-state index in [0.29, 0.717) is 72.2 Å². The summed E-state index contributed by atoms with van der Waals surface area (Å²) in [5.74, 6) is 1.91. The van der Waals surface area contributed by atoms with Crippen molar-refractivity contribution < 1.29 is 19.4 Å². The van der Waals surface area contributed by atoms with E-state index < -0.39 is 6.61 Å². The molecule has 15 heteroatoms. The van der Waals surface area contributed by atoms with Crippen LogP contribution in [0.1, 0.15) is 0 Å². The fraction of sp³-hybridized carbons (Fsp3) is 0.259. The van der Waals surface area contributed by atoms with Crippen LogP contribution in [0.3, 0.4) is 0 Å². The third-order valence-corrected chi connectivity index (χ3v) is 7.31. The van der Waals surface area contributed by atoms with Crippen LogP contribution in [0, 0.1) is 0 Å². The van der Waals surface area contributed by atoms with Gasteiger partial charge in [-0.05, 0) is 12.1 Å². The zero-order valence-electron chi connectivity index (χ0n) is 22.7. The Morgan fingerprint density at radius 3 is 2.26 bits per heavy atom. The zero-order chi connectivity index (χ0) is 29.6. The number of aromatic nitrogens is 5. The number of hydrogen-bond donors (Lipinski definition) is 3. The molecular weight excluding hydrogens is 585 g/mol. The number of methoxy groups -OCH3 is 2. The molecular formula is C27H27Cl2N9O4. The number of halogens is 2. The third-order valence-electron chi connectivity index (χ3n) is 6.56. The summed E-state index contributed by atoms with van der Waals surface area (Å²) in [4.78, 5) is 37.6. The van der Waals surface area contributed by atoms with Crippen molar-refractivity contribution >= 4 is 57.9 Å². The highest BCUT2D eigenvalue weighted by Crippen LogP contribution is 2.45. The number of ether oxygens (including phenoxy) is 2. The highest BCUT2D eigenvalue weighted by molar-refractivity contribution is 6.41. The number of hydrogen-bond acceptors (Lipinski definition) is 12. The number of anilines is 5. The smallest absolute Gasteiger partial charge is 0.248 e. The highest BCUT2D eigenvalue weighted by Gasteiger charge is 2.22. The molecule has 4 heterocycles. The maximum Gasteiger partial charge on any atom is 0.248 e. The molecule has 13 nitrogen and oxygen atoms in total. The molecule has 1 aliphatic heterocycles. The SMILES string of the molecule is COc1cc(OC)c(Cl)c(Nc2nccnc2-c2cc(Nc3ccc(N4CCN(C(=O)CO)CC4)cn3)ncn2)c1Cl. The summed E-state index contributed by atoms with van der Waals surface area (Å²) in [6.07, 6.45) is 6.24. The summed E-state index contributed by atoms with van der Waals surface area (Å²) in [6, 6.07) is 7.11. The summed E-state index contributed by atoms with van der Waals surface area (Å²) in [5, 5.41) is 15.9. The Balaban J connectivity index is 1.33. The zero-order valence-corrected chi connectivity index (χ0v) is 24.2. The first kappa shape index (κ1) is 29.0. The number of nitrogens with one attached hydrogen (secondary N) is 2. The summed E-state index contributed by atoms with van der Waals surface area (Å²) in [5.41, 5.74) is 2.19. The molecule has 0 saturated carbocycles. The largest absolute Gasteiger partial charge is 0.495 e. The molecule has 1 saturated heterocycles. The first-order chi connectivity index (χ1) is 20.4. The Hall–Kier alpha value is -4.46. The van der Waals surface area contributed by atoms with Crippen LogP contribution in [0.4, 0.5) is 28.8 Å². The Morgan fingerprint density at radius 1 is 0.905 bits per heavy atom. The second kappa shape index (κ2) is 13.0. The van der Waals surface area contributed by atoms with Crippen LogP contribution in [0.5, 0.6) is 11.5 Å². The molecule has 0 radical (unpaired) electrons. The van der Waals surface area contributed by atoms with E-state index in [2.05, 4.69) is 40.5 Å². The summed E-state index contributed by atoms with van der Waals surface area (Å²) >= 11 is 13.1. The minimum atomic E-state index is -0.471. The molecule has 0 spiro atoms. The molecule has 5 rings (SSSR count). The first-order valence-electron chi connectivity index (χ1n) is 12.8. The van der Waals surface area contributed by atoms with Gasteiger partial charge in [0.25, 0.3) is 0 Å². The van der Waals surface area contributed by atoms with Crippen LogP contribution in [-0.2, 0) is 4.79 Å². The van der Waals surface area contributed by atoms with Crippen molar-refractivity contribution in [1.29, 1.82) is 0 Å². The Kier molecular flexibility index (Phi) is 9.00. The number of amides is 1. The molecule has 42 heavy (non-hydrogen) atoms. The number of aliphatic hydroxyl groups excluding tert-OH is 1. The lowest BCUT2D eigenvalue weighted by molar-refractivity contribution is -0.134. The summed E-state index contributed by atoms with van der Waals surface area (Å²) in [6.45, 7) is 1.94. The van der Waals surface area contributed by atoms with Gasteiger partial charge in [-0.2, -0.15) is 0 Å². The Bertz CT molecular complexity index is 1540. The van der Waals surface area contributed by atoms with Crippen molar-refractivity contribution in [2.45, 2.75) is 0 Å². The number of rotatable bonds is 9. The van der Waals surface area contributed by atoms with Gasteiger partial charge in [-0.15, -0.1) is 0 Å². The summed E-state index contributed by atoms with van der Waals surface area (Å²) < 4.78 is 10.7. The van der Waals surface area contributed by atoms with Crippen LogP contribution >= 0.6 is 23.2 Å². The maximum absolute atomic E-state index is 11.7. The molecule has 1 fully saturated rings. The van der Waals surface area contributed by atoms with E-state index in [1.165, 1.54) is 26.7 Å². The average Bonchev–Trinajstić information content (AvgIpc) is 3.03. The molecule has 0 unspecified atom stereocenters. The number of benzene rings is 1. The molecule has 0 aliphatic carbocycles. The lowest BCUT2D eigenvalue weighted by Gasteiger charge is -2.35. The second-order valence-corrected chi connectivity index (χ2v) is 9.76. The van der Waals surface area contributed by atoms with E-state index in [4.69, 9.17) is 37.8 Å². The van der Waals surface area contributed by atoms with Crippen molar-refractivity contribution in [2.24, 2.45) is 0 Å². The van der Waals surface area contributed by atoms with Gasteiger partial charge in [0, 0.05) is 50.7 Å². The number of nitrogens with zero attached hydrogens (tertiary/aromatic N) is 7. The number of carbonyl (C=O) groups is 1. The van der Waals surface area contributed by atoms with E-state index in [9.17, 15) is 4.79 Å². The normalized spacial score (nSPS) is 13.1. The molecule has 3 aromatic heterocycles. The first-order valence-corrected chi connectivity index (χ1v) is 13.5. The van der Waals surface area contributed by atoms with Gasteiger partial charge in [-0.3, -0.25) is 4.79 Å². The van der Waals surface area contributed by atoms with Gasteiger partial charge in [-0.1, -0.05) is 23.2 Å². The van der Waals surface area contributed by atoms with Gasteiger partial charge in [0.05, 0.1) is 37.5 Å². The number of aliphatic hydroxyl groups is 1. The Labute approximate surface area is 251 Å². The molecule has 0 bridgehead atoms. The fourth-order valence-corrected chi connectivity index (χ4v) is 4.97. The topological polar surface area (TPSA) is 151 Å². The van der Waals surface area contributed by atoms with Crippen LogP contribution < -0.4 is 25.0 Å². The second-order valence-electron chi connectivity index (χ2n) is 9.00. The molecule has 3 N–H and O–H groups in total. The minimum Gasteiger partial charge on any atom is -0.495 e. The van der Waals surface area contributed by atoms with Gasteiger partial charge < -0.3 is 35.0 Å². The molecule has 1 aromatic carbocycles. The number of piperazine rings is 1. The van der Waals surface area contributed by atoms with E-state index in [1.807, 2.05) is 12.1 Å². The van der Waals surface area contributed by atoms with Gasteiger partial charge >= 0.3 is 0 Å². The van der Waals surface area contributed by atoms with Gasteiger partial charge in [0.15, 0.2) is 5.82 Å². The van der Waals surface area contributed by atoms with E-state index in [-0.39, 0.29) is 16.0 Å². The average molecular weight is 612 g/mol. The minimum absolute atomic E-state index is 0.250. The van der Waals surface area contributed by atoms with Gasteiger partial charge in [0.1, 0.15) is 51.8 Å². The van der Waals surface area contributed by atoms with Gasteiger partial charge in [-0.25, -0.2) is 24.9 Å². The summed E-state index contributed by atoms with van der Waals surface area (Å²) in [7, 11) is 2.99. The molecule has 0 atom stereocenters. The Morgan fingerprint density at radius 2 is 1.62 bits per heavy atom. The quantitative estimate of drug-likeness (QED) is 0.252. The standard InChI is InChI=1S/C27H27Cl2N9O4/c1-41-18-12-19(42-2)24(29)26(23(18)28)36-27-25(30-5-6-31-27)17-11-21(34-15-33-17)35-20-4-3-16(13-32-20)37-7-9-38(10-8-37)22(40)14-39/h3-6,11-13,15,39H,7-10,14H2,1-2H3,(H,31,36)(H,32,33,34,35). The predicted octanol–water partition coefficient (Wildman–Crippen LogP) is 3.78. The fourth-order valence-electron chi connectivity index (χ4n) is 4.38. The monoisotopic (exact) mass is 611 g/mol. The third kappa shape index (κ3) is 6.22. The maximum atomic E-state index is 11.7. The van der Waals surface area contributed by atoms with E-state index >= 15 is 0 Å². The lowest BCUT2D eigenvalue weighted by Crippen LogP contribution is -2.49. The number of carbonyl (C=O) groups excluding carboxylic acids is 1. The van der Waals surface area contributed by atoms with Crippen LogP contribution in [-0.4, -0.2) is 87.8 Å². The van der Waals surface area contributed by atoms with Crippen LogP contribution in [0.2, 0.25) is 10.0 Å². The number of pyridine rings is 1. The van der Waals surface area contributed by atoms with Crippen molar-refractivity contribution in [2.75, 3.05) is 62.5 Å². The van der Waals surface area contributed by atoms with E-state index in [1.54, 1.807) is 29.4 Å². The van der Waals surface area contributed by atoms with Crippen molar-refractivity contribution in [3.05, 3.63) is 59.2 Å². The molecule has 4 aromatic rings. The van der Waals surface area contributed by atoms with Crippen molar-refractivity contribution in [3.63, 3.8) is 0 Å². The lowest BCUT2D eigenvalue weighted by atomic mass is 10.2. The van der Waals surface area contributed by atoms with Crippen LogP contribution in [0.25, 0.3) is 11.4 Å². The molecule has 1 amide bonds. The molecule has 1 aliphatic rings. The van der Waals surface area contributed by atoms with Gasteiger partial charge in [0.2, 0.25) is 5.91 Å². The van der Waals surface area contributed by atoms with Crippen LogP contribution in [0.15, 0.2) is 49.2 Å². The molecule has 218 valence electrons.